The minimum atomic E-state index is -1.08. The number of hydrogen-bond acceptors (Lipinski definition) is 26. The molecule has 423 valence electrons. The second-order valence-electron chi connectivity index (χ2n) is 9.58. The van der Waals surface area contributed by atoms with Gasteiger partial charge in [0.25, 0.3) is 0 Å². The fourth-order valence-corrected chi connectivity index (χ4v) is 7.93. The topological polar surface area (TPSA) is 492 Å². The van der Waals surface area contributed by atoms with Crippen LogP contribution in [0.15, 0.2) is 0 Å². The standard InChI is InChI=1S/C16H36P.8C2H4O2.10CH2O.Re/c1-5-9-13-17(14-10-6-2,15-11-7-3)16-12-8-4;8*1-2(3)4;10*1-2;/h5-16H2,1-4H3;8*1H3,(H,3,4);10*1H2;/q+1;;;;;;;;;;;;;;;;;;;/p-8. The van der Waals surface area contributed by atoms with Crippen molar-refractivity contribution in [3.8, 4) is 0 Å². The fraction of sp³-hybridized carbons (Fsp3) is 0.571. The first-order valence-electron chi connectivity index (χ1n) is 18.2. The van der Waals surface area contributed by atoms with E-state index in [0.29, 0.717) is 0 Å². The van der Waals surface area contributed by atoms with Gasteiger partial charge in [-0.1, -0.05) is 53.4 Å². The number of hydrogen-bond donors (Lipinski definition) is 0. The second kappa shape index (κ2) is 187. The van der Waals surface area contributed by atoms with Crippen molar-refractivity contribution in [2.24, 2.45) is 0 Å². The van der Waals surface area contributed by atoms with Gasteiger partial charge in [0.1, 0.15) is 67.9 Å². The van der Waals surface area contributed by atoms with Crippen LogP contribution in [0.1, 0.15) is 134 Å². The summed E-state index contributed by atoms with van der Waals surface area (Å²) in [6.45, 7) is 37.2. The molecular formula is C42H80O26PRe-7. The molecule has 0 saturated carbocycles. The summed E-state index contributed by atoms with van der Waals surface area (Å²) in [6, 6.07) is 0. The molecule has 1 radical (unpaired) electrons. The predicted molar refractivity (Wildman–Crippen MR) is 243 cm³/mol. The first kappa shape index (κ1) is 131. The largest absolute Gasteiger partial charge is 0.550 e. The van der Waals surface area contributed by atoms with Gasteiger partial charge in [0, 0.05) is 75.4 Å². The van der Waals surface area contributed by atoms with Gasteiger partial charge < -0.3 is 127 Å². The summed E-state index contributed by atoms with van der Waals surface area (Å²) in [5, 5.41) is 71.1. The van der Waals surface area contributed by atoms with Crippen LogP contribution in [0, 0.1) is 0 Å². The Hall–Kier alpha value is -6.45. The first-order valence-corrected chi connectivity index (χ1v) is 20.8. The molecule has 0 bridgehead atoms. The van der Waals surface area contributed by atoms with Gasteiger partial charge in [-0.3, -0.25) is 0 Å². The SMILES string of the molecule is C=O.C=O.C=O.C=O.C=O.C=O.C=O.C=O.C=O.C=O.CC(=O)[O-].CC(=O)[O-].CC(=O)[O-].CC(=O)[O-].CC(=O)[O-].CC(=O)[O-].CC(=O)[O-].CC(=O)[O-].CCCC[P+](CCCC)(CCCC)CCCC.[Re]. The molecule has 0 aromatic carbocycles. The number of carboxylic acid groups (broad SMARTS) is 8. The molecule has 0 fully saturated rings. The van der Waals surface area contributed by atoms with Gasteiger partial charge in [0.2, 0.25) is 0 Å². The van der Waals surface area contributed by atoms with Crippen molar-refractivity contribution in [3.05, 3.63) is 0 Å². The van der Waals surface area contributed by atoms with E-state index in [2.05, 4.69) is 27.7 Å². The zero-order chi connectivity index (χ0) is 61.6. The number of rotatable bonds is 12. The number of unbranched alkanes of at least 4 members (excludes halogenated alkanes) is 4. The summed E-state index contributed by atoms with van der Waals surface area (Å²) in [4.78, 5) is 151. The van der Waals surface area contributed by atoms with Crippen LogP contribution >= 0.6 is 7.26 Å². The molecule has 0 heterocycles. The van der Waals surface area contributed by atoms with Gasteiger partial charge in [0.05, 0.1) is 24.6 Å². The van der Waals surface area contributed by atoms with Crippen molar-refractivity contribution < 1.29 is 148 Å². The van der Waals surface area contributed by atoms with Crippen LogP contribution in [0.5, 0.6) is 0 Å². The molecule has 0 aliphatic heterocycles. The van der Waals surface area contributed by atoms with E-state index in [-0.39, 0.29) is 20.4 Å². The van der Waals surface area contributed by atoms with Gasteiger partial charge in [-0.05, 0) is 81.1 Å². The molecule has 0 aromatic rings. The molecule has 0 unspecified atom stereocenters. The maximum atomic E-state index is 8.89. The molecule has 70 heavy (non-hydrogen) atoms. The third-order valence-corrected chi connectivity index (χ3v) is 9.00. The maximum Gasteiger partial charge on any atom is 0.106 e. The van der Waals surface area contributed by atoms with E-state index < -0.39 is 55.0 Å². The Morgan fingerprint density at radius 3 is 0.357 bits per heavy atom. The van der Waals surface area contributed by atoms with Crippen LogP contribution in [-0.4, -0.2) is 140 Å². The zero-order valence-corrected chi connectivity index (χ0v) is 46.6. The molecule has 0 atom stereocenters. The smallest absolute Gasteiger partial charge is 0.106 e. The Balaban J connectivity index is -0.0000000226. The van der Waals surface area contributed by atoms with E-state index in [1.165, 1.54) is 51.4 Å². The molecule has 28 heteroatoms. The molecule has 0 amide bonds. The zero-order valence-electron chi connectivity index (χ0n) is 43.0. The summed E-state index contributed by atoms with van der Waals surface area (Å²) in [7, 11) is -0.562. The number of aliphatic carboxylic acids is 8. The minimum absolute atomic E-state index is 0. The van der Waals surface area contributed by atoms with Crippen molar-refractivity contribution >= 4 is 123 Å². The summed E-state index contributed by atoms with van der Waals surface area (Å²) < 4.78 is 0. The fourth-order valence-electron chi connectivity index (χ4n) is 2.64. The van der Waals surface area contributed by atoms with Crippen LogP contribution in [0.2, 0.25) is 0 Å². The Kier molecular flexibility index (Phi) is 351. The molecule has 0 aliphatic carbocycles. The number of carbonyl (C=O) groups is 18. The van der Waals surface area contributed by atoms with Crippen molar-refractivity contribution in [3.63, 3.8) is 0 Å². The molecule has 0 N–H and O–H groups in total. The molecule has 0 aromatic heterocycles. The molecule has 26 nitrogen and oxygen atoms in total. The monoisotopic (exact) mass is 1220 g/mol. The Morgan fingerprint density at radius 2 is 0.314 bits per heavy atom. The molecule has 0 saturated heterocycles. The van der Waals surface area contributed by atoms with Crippen LogP contribution in [0.25, 0.3) is 0 Å². The van der Waals surface area contributed by atoms with E-state index >= 15 is 0 Å². The quantitative estimate of drug-likeness (QED) is 0.164. The first-order chi connectivity index (χ1) is 32.1. The van der Waals surface area contributed by atoms with E-state index in [1.54, 1.807) is 24.6 Å². The summed E-state index contributed by atoms with van der Waals surface area (Å²) in [6.07, 6.45) is 17.9. The normalized spacial score (nSPS) is 6.34. The van der Waals surface area contributed by atoms with Gasteiger partial charge in [0.15, 0.2) is 0 Å². The van der Waals surface area contributed by atoms with E-state index in [0.717, 1.165) is 55.4 Å². The van der Waals surface area contributed by atoms with Gasteiger partial charge in [-0.2, -0.15) is 0 Å². The average molecular weight is 1220 g/mol. The Bertz CT molecular complexity index is 749. The average Bonchev–Trinajstić information content (AvgIpc) is 3.28. The maximum absolute atomic E-state index is 8.89. The minimum Gasteiger partial charge on any atom is -0.550 e. The van der Waals surface area contributed by atoms with Crippen molar-refractivity contribution in [1.29, 1.82) is 0 Å². The summed E-state index contributed by atoms with van der Waals surface area (Å²) in [5.41, 5.74) is 0. The van der Waals surface area contributed by atoms with Crippen LogP contribution < -0.4 is 40.9 Å². The summed E-state index contributed by atoms with van der Waals surface area (Å²) >= 11 is 0. The Morgan fingerprint density at radius 1 is 0.257 bits per heavy atom. The van der Waals surface area contributed by atoms with E-state index in [9.17, 15) is 0 Å². The molecule has 0 spiro atoms. The predicted octanol–water partition coefficient (Wildman–Crippen LogP) is -5.60. The van der Waals surface area contributed by atoms with E-state index in [4.69, 9.17) is 127 Å². The van der Waals surface area contributed by atoms with Crippen molar-refractivity contribution in [2.45, 2.75) is 134 Å². The second-order valence-corrected chi connectivity index (χ2v) is 14.1. The third-order valence-electron chi connectivity index (χ3n) is 3.94. The molecular weight excluding hydrogens is 1140 g/mol. The van der Waals surface area contributed by atoms with E-state index in [1.807, 2.05) is 67.9 Å². The Labute approximate surface area is 428 Å². The number of carbonyl (C=O) groups excluding carboxylic acids is 18. The van der Waals surface area contributed by atoms with Crippen LogP contribution in [0.3, 0.4) is 0 Å². The van der Waals surface area contributed by atoms with Gasteiger partial charge in [-0.25, -0.2) is 0 Å². The molecule has 0 aliphatic rings. The van der Waals surface area contributed by atoms with Gasteiger partial charge >= 0.3 is 0 Å². The van der Waals surface area contributed by atoms with Crippen LogP contribution in [-0.2, 0) is 107 Å². The summed E-state index contributed by atoms with van der Waals surface area (Å²) in [5.74, 6) is -8.67. The van der Waals surface area contributed by atoms with Crippen molar-refractivity contribution in [1.82, 2.24) is 0 Å². The van der Waals surface area contributed by atoms with Crippen LogP contribution in [0.4, 0.5) is 0 Å². The third kappa shape index (κ3) is 1230. The van der Waals surface area contributed by atoms with Gasteiger partial charge in [-0.15, -0.1) is 0 Å². The number of carboxylic acids is 8. The van der Waals surface area contributed by atoms with Crippen molar-refractivity contribution in [2.75, 3.05) is 24.6 Å². The molecule has 0 rings (SSSR count).